The van der Waals surface area contributed by atoms with Crippen LogP contribution in [0.2, 0.25) is 0 Å². The second-order valence-corrected chi connectivity index (χ2v) is 4.41. The standard InChI is InChI=1S/C10H18FN/c11-6-9-7-12-8-10(9)4-2-1-3-5-10/h9,12H,1-8H2/t9-/m1/s1. The Hall–Kier alpha value is -0.110. The molecule has 12 heavy (non-hydrogen) atoms. The summed E-state index contributed by atoms with van der Waals surface area (Å²) in [5, 5.41) is 3.34. The van der Waals surface area contributed by atoms with Gasteiger partial charge in [-0.1, -0.05) is 19.3 Å². The van der Waals surface area contributed by atoms with Crippen LogP contribution in [0.1, 0.15) is 32.1 Å². The van der Waals surface area contributed by atoms with Gasteiger partial charge in [-0.05, 0) is 18.3 Å². The second-order valence-electron chi connectivity index (χ2n) is 4.41. The second kappa shape index (κ2) is 3.33. The zero-order valence-corrected chi connectivity index (χ0v) is 7.61. The Kier molecular flexibility index (Phi) is 2.35. The molecule has 0 amide bonds. The molecule has 70 valence electrons. The van der Waals surface area contributed by atoms with E-state index in [0.29, 0.717) is 11.3 Å². The summed E-state index contributed by atoms with van der Waals surface area (Å²) in [5.41, 5.74) is 0.354. The Bertz CT molecular complexity index is 152. The third-order valence-electron chi connectivity index (χ3n) is 3.77. The fraction of sp³-hybridized carbons (Fsp3) is 1.00. The maximum absolute atomic E-state index is 12.7. The van der Waals surface area contributed by atoms with Crippen molar-refractivity contribution in [3.8, 4) is 0 Å². The van der Waals surface area contributed by atoms with Gasteiger partial charge in [-0.25, -0.2) is 0 Å². The average molecular weight is 171 g/mol. The molecular weight excluding hydrogens is 153 g/mol. The van der Waals surface area contributed by atoms with Crippen molar-refractivity contribution in [3.05, 3.63) is 0 Å². The molecule has 1 saturated heterocycles. The molecule has 1 heterocycles. The van der Waals surface area contributed by atoms with Crippen LogP contribution in [0.3, 0.4) is 0 Å². The molecule has 1 aliphatic carbocycles. The first-order valence-corrected chi connectivity index (χ1v) is 5.14. The van der Waals surface area contributed by atoms with E-state index in [2.05, 4.69) is 5.32 Å². The molecule has 2 rings (SSSR count). The minimum absolute atomic E-state index is 0.118. The average Bonchev–Trinajstić information content (AvgIpc) is 2.49. The lowest BCUT2D eigenvalue weighted by Gasteiger charge is -2.37. The van der Waals surface area contributed by atoms with Crippen molar-refractivity contribution in [2.24, 2.45) is 11.3 Å². The topological polar surface area (TPSA) is 12.0 Å². The van der Waals surface area contributed by atoms with Gasteiger partial charge in [0.15, 0.2) is 0 Å². The van der Waals surface area contributed by atoms with Crippen molar-refractivity contribution < 1.29 is 4.39 Å². The lowest BCUT2D eigenvalue weighted by Crippen LogP contribution is -2.33. The van der Waals surface area contributed by atoms with Crippen molar-refractivity contribution in [2.45, 2.75) is 32.1 Å². The summed E-state index contributed by atoms with van der Waals surface area (Å²) < 4.78 is 12.7. The van der Waals surface area contributed by atoms with Crippen LogP contribution in [-0.2, 0) is 0 Å². The molecule has 2 fully saturated rings. The summed E-state index contributed by atoms with van der Waals surface area (Å²) in [5.74, 6) is 0.317. The number of hydrogen-bond donors (Lipinski definition) is 1. The minimum atomic E-state index is -0.118. The molecule has 2 heteroatoms. The summed E-state index contributed by atoms with van der Waals surface area (Å²) in [6.45, 7) is 1.87. The quantitative estimate of drug-likeness (QED) is 0.637. The normalized spacial score (nSPS) is 34.2. The lowest BCUT2D eigenvalue weighted by atomic mass is 9.68. The van der Waals surface area contributed by atoms with E-state index in [1.807, 2.05) is 0 Å². The van der Waals surface area contributed by atoms with E-state index in [4.69, 9.17) is 0 Å². The number of alkyl halides is 1. The highest BCUT2D eigenvalue weighted by Gasteiger charge is 2.42. The molecule has 0 unspecified atom stereocenters. The minimum Gasteiger partial charge on any atom is -0.316 e. The van der Waals surface area contributed by atoms with Crippen molar-refractivity contribution in [1.29, 1.82) is 0 Å². The summed E-state index contributed by atoms with van der Waals surface area (Å²) in [6, 6.07) is 0. The van der Waals surface area contributed by atoms with E-state index in [0.717, 1.165) is 13.1 Å². The van der Waals surface area contributed by atoms with Gasteiger partial charge in [-0.15, -0.1) is 0 Å². The predicted octanol–water partition coefficient (Wildman–Crippen LogP) is 2.13. The summed E-state index contributed by atoms with van der Waals surface area (Å²) in [7, 11) is 0. The summed E-state index contributed by atoms with van der Waals surface area (Å²) >= 11 is 0. The maximum Gasteiger partial charge on any atom is 0.0940 e. The first-order valence-electron chi connectivity index (χ1n) is 5.14. The zero-order chi connectivity index (χ0) is 8.44. The van der Waals surface area contributed by atoms with Crippen molar-refractivity contribution in [1.82, 2.24) is 5.32 Å². The van der Waals surface area contributed by atoms with Crippen LogP contribution in [0.15, 0.2) is 0 Å². The van der Waals surface area contributed by atoms with Gasteiger partial charge in [0.25, 0.3) is 0 Å². The van der Waals surface area contributed by atoms with E-state index in [9.17, 15) is 4.39 Å². The fourth-order valence-corrected chi connectivity index (χ4v) is 2.92. The highest BCUT2D eigenvalue weighted by Crippen LogP contribution is 2.44. The van der Waals surface area contributed by atoms with E-state index in [1.54, 1.807) is 0 Å². The lowest BCUT2D eigenvalue weighted by molar-refractivity contribution is 0.126. The molecule has 0 aromatic rings. The van der Waals surface area contributed by atoms with Crippen LogP contribution >= 0.6 is 0 Å². The van der Waals surface area contributed by atoms with Gasteiger partial charge in [-0.3, -0.25) is 4.39 Å². The smallest absolute Gasteiger partial charge is 0.0940 e. The molecule has 1 spiro atoms. The van der Waals surface area contributed by atoms with E-state index < -0.39 is 0 Å². The van der Waals surface area contributed by atoms with Crippen LogP contribution < -0.4 is 5.32 Å². The predicted molar refractivity (Wildman–Crippen MR) is 47.9 cm³/mol. The van der Waals surface area contributed by atoms with Crippen molar-refractivity contribution in [2.75, 3.05) is 19.8 Å². The summed E-state index contributed by atoms with van der Waals surface area (Å²) in [6.07, 6.45) is 6.51. The van der Waals surface area contributed by atoms with Gasteiger partial charge >= 0.3 is 0 Å². The Morgan fingerprint density at radius 3 is 2.67 bits per heavy atom. The fourth-order valence-electron chi connectivity index (χ4n) is 2.92. The third kappa shape index (κ3) is 1.26. The number of nitrogens with one attached hydrogen (secondary N) is 1. The molecule has 0 aromatic carbocycles. The molecule has 0 bridgehead atoms. The van der Waals surface area contributed by atoms with Crippen molar-refractivity contribution >= 4 is 0 Å². The number of rotatable bonds is 1. The van der Waals surface area contributed by atoms with E-state index in [1.165, 1.54) is 32.1 Å². The van der Waals surface area contributed by atoms with E-state index in [-0.39, 0.29) is 6.67 Å². The van der Waals surface area contributed by atoms with Crippen molar-refractivity contribution in [3.63, 3.8) is 0 Å². The van der Waals surface area contributed by atoms with Crippen LogP contribution in [0, 0.1) is 11.3 Å². The molecule has 0 radical (unpaired) electrons. The Morgan fingerprint density at radius 1 is 1.25 bits per heavy atom. The van der Waals surface area contributed by atoms with E-state index >= 15 is 0 Å². The van der Waals surface area contributed by atoms with Crippen LogP contribution in [0.4, 0.5) is 4.39 Å². The monoisotopic (exact) mass is 171 g/mol. The Morgan fingerprint density at radius 2 is 2.00 bits per heavy atom. The first-order chi connectivity index (χ1) is 5.87. The molecule has 1 atom stereocenters. The van der Waals surface area contributed by atoms with Crippen LogP contribution in [0.25, 0.3) is 0 Å². The number of halogens is 1. The van der Waals surface area contributed by atoms with Gasteiger partial charge in [0.05, 0.1) is 6.67 Å². The molecule has 1 N–H and O–H groups in total. The van der Waals surface area contributed by atoms with Gasteiger partial charge in [0.1, 0.15) is 0 Å². The molecule has 1 saturated carbocycles. The Labute approximate surface area is 73.7 Å². The summed E-state index contributed by atoms with van der Waals surface area (Å²) in [4.78, 5) is 0. The molecule has 1 nitrogen and oxygen atoms in total. The molecule has 1 aliphatic heterocycles. The molecule has 0 aromatic heterocycles. The molecular formula is C10H18FN. The van der Waals surface area contributed by atoms with Gasteiger partial charge in [0, 0.05) is 19.0 Å². The van der Waals surface area contributed by atoms with Gasteiger partial charge < -0.3 is 5.32 Å². The number of hydrogen-bond acceptors (Lipinski definition) is 1. The largest absolute Gasteiger partial charge is 0.316 e. The highest BCUT2D eigenvalue weighted by atomic mass is 19.1. The van der Waals surface area contributed by atoms with Crippen LogP contribution in [0.5, 0.6) is 0 Å². The SMILES string of the molecule is FC[C@@H]1CNCC12CCCCC2. The highest BCUT2D eigenvalue weighted by molar-refractivity contribution is 4.96. The Balaban J connectivity index is 2.05. The van der Waals surface area contributed by atoms with Gasteiger partial charge in [0.2, 0.25) is 0 Å². The zero-order valence-electron chi connectivity index (χ0n) is 7.61. The maximum atomic E-state index is 12.7. The van der Waals surface area contributed by atoms with Crippen LogP contribution in [-0.4, -0.2) is 19.8 Å². The first kappa shape index (κ1) is 8.49. The van der Waals surface area contributed by atoms with Gasteiger partial charge in [-0.2, -0.15) is 0 Å². The third-order valence-corrected chi connectivity index (χ3v) is 3.77. The molecule has 2 aliphatic rings.